The zero-order valence-corrected chi connectivity index (χ0v) is 19.8. The third-order valence-electron chi connectivity index (χ3n) is 5.69. The molecule has 0 radical (unpaired) electrons. The standard InChI is InChI=1S/C27H37NO2/c1-16(2)20-11-9-12-21(17(3)4)24(20)15-25(29)27(30)28-26-22(18(5)6)13-10-14-23(26)19(7)8/h9-14,16-19H,15H2,1-8H3,(H,28,30). The van der Waals surface area contributed by atoms with Gasteiger partial charge in [0.25, 0.3) is 5.91 Å². The molecule has 0 spiro atoms. The Bertz CT molecular complexity index is 779. The molecule has 1 amide bonds. The second kappa shape index (κ2) is 10.1. The van der Waals surface area contributed by atoms with Crippen LogP contribution in [-0.2, 0) is 16.0 Å². The van der Waals surface area contributed by atoms with Crippen LogP contribution in [0.5, 0.6) is 0 Å². The number of rotatable bonds is 8. The zero-order chi connectivity index (χ0) is 22.6. The van der Waals surface area contributed by atoms with Crippen molar-refractivity contribution in [1.29, 1.82) is 0 Å². The van der Waals surface area contributed by atoms with Crippen LogP contribution in [0.15, 0.2) is 36.4 Å². The molecule has 2 aromatic rings. The summed E-state index contributed by atoms with van der Waals surface area (Å²) >= 11 is 0. The van der Waals surface area contributed by atoms with Gasteiger partial charge in [-0.05, 0) is 51.5 Å². The van der Waals surface area contributed by atoms with Crippen molar-refractivity contribution < 1.29 is 9.59 Å². The van der Waals surface area contributed by atoms with Gasteiger partial charge in [0.15, 0.2) is 0 Å². The summed E-state index contributed by atoms with van der Waals surface area (Å²) in [6.45, 7) is 16.9. The molecule has 0 saturated heterocycles. The van der Waals surface area contributed by atoms with Crippen LogP contribution in [0.4, 0.5) is 5.69 Å². The molecule has 2 aromatic carbocycles. The summed E-state index contributed by atoms with van der Waals surface area (Å²) in [5, 5.41) is 2.97. The summed E-state index contributed by atoms with van der Waals surface area (Å²) in [5.74, 6) is 0.177. The van der Waals surface area contributed by atoms with E-state index in [1.807, 2.05) is 24.3 Å². The van der Waals surface area contributed by atoms with Gasteiger partial charge < -0.3 is 5.32 Å². The Kier molecular flexibility index (Phi) is 8.00. The van der Waals surface area contributed by atoms with E-state index in [-0.39, 0.29) is 18.3 Å². The van der Waals surface area contributed by atoms with E-state index in [0.717, 1.165) is 33.5 Å². The van der Waals surface area contributed by atoms with Gasteiger partial charge in [0.05, 0.1) is 0 Å². The molecule has 0 aliphatic rings. The summed E-state index contributed by atoms with van der Waals surface area (Å²) in [6.07, 6.45) is 0.133. The Morgan fingerprint density at radius 1 is 0.667 bits per heavy atom. The third kappa shape index (κ3) is 5.38. The topological polar surface area (TPSA) is 46.2 Å². The van der Waals surface area contributed by atoms with Crippen molar-refractivity contribution in [3.63, 3.8) is 0 Å². The average molecular weight is 408 g/mol. The lowest BCUT2D eigenvalue weighted by Crippen LogP contribution is -2.27. The SMILES string of the molecule is CC(C)c1cccc(C(C)C)c1CC(=O)C(=O)Nc1c(C(C)C)cccc1C(C)C. The molecule has 0 unspecified atom stereocenters. The fourth-order valence-corrected chi connectivity index (χ4v) is 4.03. The molecule has 162 valence electrons. The Morgan fingerprint density at radius 2 is 1.03 bits per heavy atom. The van der Waals surface area contributed by atoms with E-state index in [1.165, 1.54) is 0 Å². The average Bonchev–Trinajstić information content (AvgIpc) is 2.67. The number of benzene rings is 2. The second-order valence-electron chi connectivity index (χ2n) is 9.40. The van der Waals surface area contributed by atoms with Gasteiger partial charge >= 0.3 is 0 Å². The first kappa shape index (κ1) is 23.9. The summed E-state index contributed by atoms with van der Waals surface area (Å²) in [5.41, 5.74) is 6.21. The molecular weight excluding hydrogens is 370 g/mol. The lowest BCUT2D eigenvalue weighted by atomic mass is 9.86. The first-order valence-corrected chi connectivity index (χ1v) is 11.1. The van der Waals surface area contributed by atoms with E-state index >= 15 is 0 Å². The van der Waals surface area contributed by atoms with Crippen LogP contribution < -0.4 is 5.32 Å². The Balaban J connectivity index is 2.37. The van der Waals surface area contributed by atoms with Gasteiger partial charge in [0, 0.05) is 12.1 Å². The number of para-hydroxylation sites is 1. The molecule has 3 heteroatoms. The molecule has 0 atom stereocenters. The number of hydrogen-bond acceptors (Lipinski definition) is 2. The van der Waals surface area contributed by atoms with Crippen LogP contribution in [0.25, 0.3) is 0 Å². The second-order valence-corrected chi connectivity index (χ2v) is 9.40. The number of amides is 1. The van der Waals surface area contributed by atoms with Crippen molar-refractivity contribution in [2.45, 2.75) is 85.5 Å². The summed E-state index contributed by atoms with van der Waals surface area (Å²) in [6, 6.07) is 12.3. The Labute approximate surface area is 182 Å². The molecule has 3 nitrogen and oxygen atoms in total. The van der Waals surface area contributed by atoms with E-state index in [1.54, 1.807) is 0 Å². The van der Waals surface area contributed by atoms with Crippen LogP contribution in [0.3, 0.4) is 0 Å². The number of ketones is 1. The van der Waals surface area contributed by atoms with Crippen molar-refractivity contribution in [2.24, 2.45) is 0 Å². The molecule has 1 N–H and O–H groups in total. The fourth-order valence-electron chi connectivity index (χ4n) is 4.03. The Hall–Kier alpha value is -2.42. The number of carbonyl (C=O) groups is 2. The summed E-state index contributed by atoms with van der Waals surface area (Å²) in [4.78, 5) is 26.0. The molecule has 0 bridgehead atoms. The van der Waals surface area contributed by atoms with E-state index < -0.39 is 11.7 Å². The smallest absolute Gasteiger partial charge is 0.292 e. The summed E-state index contributed by atoms with van der Waals surface area (Å²) in [7, 11) is 0. The van der Waals surface area contributed by atoms with Crippen molar-refractivity contribution >= 4 is 17.4 Å². The lowest BCUT2D eigenvalue weighted by molar-refractivity contribution is -0.134. The Morgan fingerprint density at radius 3 is 1.40 bits per heavy atom. The maximum atomic E-state index is 13.0. The quantitative estimate of drug-likeness (QED) is 0.482. The largest absolute Gasteiger partial charge is 0.319 e. The van der Waals surface area contributed by atoms with E-state index in [2.05, 4.69) is 72.8 Å². The van der Waals surface area contributed by atoms with Gasteiger partial charge in [-0.15, -0.1) is 0 Å². The number of Topliss-reactive ketones (excluding diaryl/α,β-unsaturated/α-hetero) is 1. The molecule has 0 heterocycles. The number of hydrogen-bond donors (Lipinski definition) is 1. The van der Waals surface area contributed by atoms with Crippen LogP contribution in [0.2, 0.25) is 0 Å². The zero-order valence-electron chi connectivity index (χ0n) is 19.8. The predicted octanol–water partition coefficient (Wildman–Crippen LogP) is 6.93. The molecule has 2 rings (SSSR count). The molecular formula is C27H37NO2. The first-order valence-electron chi connectivity index (χ1n) is 11.1. The minimum atomic E-state index is -0.529. The van der Waals surface area contributed by atoms with Crippen molar-refractivity contribution in [3.05, 3.63) is 64.2 Å². The van der Waals surface area contributed by atoms with Gasteiger partial charge in [0.2, 0.25) is 5.78 Å². The maximum absolute atomic E-state index is 13.0. The van der Waals surface area contributed by atoms with Gasteiger partial charge in [-0.3, -0.25) is 9.59 Å². The van der Waals surface area contributed by atoms with Crippen molar-refractivity contribution in [1.82, 2.24) is 0 Å². The molecule has 0 aliphatic heterocycles. The highest BCUT2D eigenvalue weighted by atomic mass is 16.2. The highest BCUT2D eigenvalue weighted by Crippen LogP contribution is 2.33. The molecule has 0 aliphatic carbocycles. The van der Waals surface area contributed by atoms with Crippen molar-refractivity contribution in [3.8, 4) is 0 Å². The molecule has 0 saturated carbocycles. The highest BCUT2D eigenvalue weighted by molar-refractivity contribution is 6.41. The first-order chi connectivity index (χ1) is 14.0. The lowest BCUT2D eigenvalue weighted by Gasteiger charge is -2.21. The molecule has 0 aromatic heterocycles. The third-order valence-corrected chi connectivity index (χ3v) is 5.69. The molecule has 0 fully saturated rings. The van der Waals surface area contributed by atoms with Crippen LogP contribution in [0.1, 0.15) is 107 Å². The maximum Gasteiger partial charge on any atom is 0.292 e. The number of nitrogens with one attached hydrogen (secondary N) is 1. The van der Waals surface area contributed by atoms with Gasteiger partial charge in [-0.2, -0.15) is 0 Å². The van der Waals surface area contributed by atoms with Crippen LogP contribution in [0, 0.1) is 0 Å². The molecule has 30 heavy (non-hydrogen) atoms. The monoisotopic (exact) mass is 407 g/mol. The van der Waals surface area contributed by atoms with Crippen LogP contribution >= 0.6 is 0 Å². The normalized spacial score (nSPS) is 11.6. The van der Waals surface area contributed by atoms with Crippen LogP contribution in [-0.4, -0.2) is 11.7 Å². The van der Waals surface area contributed by atoms with E-state index in [0.29, 0.717) is 11.8 Å². The van der Waals surface area contributed by atoms with Crippen molar-refractivity contribution in [2.75, 3.05) is 5.32 Å². The van der Waals surface area contributed by atoms with Gasteiger partial charge in [0.1, 0.15) is 0 Å². The minimum Gasteiger partial charge on any atom is -0.319 e. The fraction of sp³-hybridized carbons (Fsp3) is 0.481. The number of anilines is 1. The van der Waals surface area contributed by atoms with Gasteiger partial charge in [-0.1, -0.05) is 91.8 Å². The van der Waals surface area contributed by atoms with Gasteiger partial charge in [-0.25, -0.2) is 0 Å². The number of carbonyl (C=O) groups excluding carboxylic acids is 2. The summed E-state index contributed by atoms with van der Waals surface area (Å²) < 4.78 is 0. The van der Waals surface area contributed by atoms with E-state index in [9.17, 15) is 9.59 Å². The van der Waals surface area contributed by atoms with E-state index in [4.69, 9.17) is 0 Å². The minimum absolute atomic E-state index is 0.133. The predicted molar refractivity (Wildman–Crippen MR) is 127 cm³/mol. The highest BCUT2D eigenvalue weighted by Gasteiger charge is 2.23.